The molecule has 1 fully saturated rings. The highest BCUT2D eigenvalue weighted by Gasteiger charge is 2.51. The van der Waals surface area contributed by atoms with Crippen LogP contribution in [0.4, 0.5) is 0 Å². The Hall–Kier alpha value is -0.120. The van der Waals surface area contributed by atoms with Crippen LogP contribution >= 0.6 is 0 Å². The molecule has 1 rings (SSSR count). The molecule has 0 aromatic carbocycles. The highest BCUT2D eigenvalue weighted by molar-refractivity contribution is 5.02. The van der Waals surface area contributed by atoms with Crippen LogP contribution in [0.15, 0.2) is 0 Å². The van der Waals surface area contributed by atoms with Gasteiger partial charge in [0.2, 0.25) is 0 Å². The minimum atomic E-state index is -1.02. The van der Waals surface area contributed by atoms with Gasteiger partial charge in [0.1, 0.15) is 6.10 Å². The monoisotopic (exact) mass is 202 g/mol. The Morgan fingerprint density at radius 1 is 1.07 bits per heavy atom. The summed E-state index contributed by atoms with van der Waals surface area (Å²) in [6.45, 7) is 7.83. The Balaban J connectivity index is 2.96. The average Bonchev–Trinajstić information content (AvgIpc) is 2.11. The predicted molar refractivity (Wildman–Crippen MR) is 54.8 cm³/mol. The van der Waals surface area contributed by atoms with Crippen molar-refractivity contribution in [3.8, 4) is 0 Å². The first-order valence-corrected chi connectivity index (χ1v) is 5.29. The maximum Gasteiger partial charge on any atom is 0.107 e. The van der Waals surface area contributed by atoms with Crippen LogP contribution in [0.25, 0.3) is 0 Å². The fourth-order valence-corrected chi connectivity index (χ4v) is 2.63. The average molecular weight is 202 g/mol. The van der Waals surface area contributed by atoms with Gasteiger partial charge in [0.05, 0.1) is 12.2 Å². The number of aliphatic hydroxyl groups excluding tert-OH is 3. The van der Waals surface area contributed by atoms with Gasteiger partial charge < -0.3 is 15.3 Å². The summed E-state index contributed by atoms with van der Waals surface area (Å²) in [6.07, 6.45) is -1.14. The summed E-state index contributed by atoms with van der Waals surface area (Å²) in [7, 11) is 0. The van der Waals surface area contributed by atoms with Gasteiger partial charge in [-0.15, -0.1) is 0 Å². The van der Waals surface area contributed by atoms with Crippen LogP contribution in [-0.4, -0.2) is 33.6 Å². The third-order valence-corrected chi connectivity index (χ3v) is 3.83. The van der Waals surface area contributed by atoms with E-state index < -0.39 is 18.3 Å². The fourth-order valence-electron chi connectivity index (χ4n) is 2.63. The van der Waals surface area contributed by atoms with Gasteiger partial charge in [-0.1, -0.05) is 27.7 Å². The molecule has 84 valence electrons. The quantitative estimate of drug-likeness (QED) is 0.592. The van der Waals surface area contributed by atoms with Crippen molar-refractivity contribution in [2.24, 2.45) is 10.8 Å². The highest BCUT2D eigenvalue weighted by Crippen LogP contribution is 2.47. The summed E-state index contributed by atoms with van der Waals surface area (Å²) in [5, 5.41) is 29.4. The van der Waals surface area contributed by atoms with E-state index in [0.29, 0.717) is 0 Å². The van der Waals surface area contributed by atoms with Gasteiger partial charge in [-0.25, -0.2) is 0 Å². The molecule has 0 bridgehead atoms. The molecule has 0 spiro atoms. The van der Waals surface area contributed by atoms with E-state index in [1.807, 2.05) is 27.7 Å². The molecule has 1 saturated carbocycles. The van der Waals surface area contributed by atoms with E-state index in [2.05, 4.69) is 0 Å². The van der Waals surface area contributed by atoms with Crippen molar-refractivity contribution in [1.29, 1.82) is 0 Å². The Labute approximate surface area is 85.8 Å². The van der Waals surface area contributed by atoms with Gasteiger partial charge in [0.15, 0.2) is 0 Å². The second-order valence-electron chi connectivity index (χ2n) is 5.55. The van der Waals surface area contributed by atoms with E-state index in [0.717, 1.165) is 12.8 Å². The topological polar surface area (TPSA) is 60.7 Å². The van der Waals surface area contributed by atoms with E-state index in [9.17, 15) is 15.3 Å². The smallest absolute Gasteiger partial charge is 0.107 e. The molecule has 3 heteroatoms. The van der Waals surface area contributed by atoms with Crippen molar-refractivity contribution >= 4 is 0 Å². The summed E-state index contributed by atoms with van der Waals surface area (Å²) in [6, 6.07) is 0. The lowest BCUT2D eigenvalue weighted by atomic mass is 9.59. The molecule has 0 aliphatic heterocycles. The minimum Gasteiger partial charge on any atom is -0.390 e. The molecule has 3 nitrogen and oxygen atoms in total. The number of hydrogen-bond acceptors (Lipinski definition) is 3. The summed E-state index contributed by atoms with van der Waals surface area (Å²) < 4.78 is 0. The van der Waals surface area contributed by atoms with E-state index in [1.54, 1.807) is 0 Å². The Kier molecular flexibility index (Phi) is 2.96. The molecule has 1 aliphatic rings. The van der Waals surface area contributed by atoms with Gasteiger partial charge in [0.25, 0.3) is 0 Å². The largest absolute Gasteiger partial charge is 0.390 e. The van der Waals surface area contributed by atoms with E-state index in [4.69, 9.17) is 0 Å². The fraction of sp³-hybridized carbons (Fsp3) is 1.00. The molecule has 3 N–H and O–H groups in total. The molecule has 1 aliphatic carbocycles. The maximum absolute atomic E-state index is 9.89. The van der Waals surface area contributed by atoms with Crippen molar-refractivity contribution in [1.82, 2.24) is 0 Å². The van der Waals surface area contributed by atoms with Crippen LogP contribution < -0.4 is 0 Å². The predicted octanol–water partition coefficient (Wildman–Crippen LogP) is 0.915. The molecule has 0 amide bonds. The molecule has 0 radical (unpaired) electrons. The zero-order chi connectivity index (χ0) is 11.1. The minimum absolute atomic E-state index is 0.290. The summed E-state index contributed by atoms with van der Waals surface area (Å²) in [5.74, 6) is 0. The number of hydrogen-bond donors (Lipinski definition) is 3. The zero-order valence-corrected chi connectivity index (χ0v) is 9.49. The maximum atomic E-state index is 9.89. The lowest BCUT2D eigenvalue weighted by molar-refractivity contribution is -0.189. The standard InChI is InChI=1S/C11H22O3/c1-5-11(4)6-10(2,3)8(13)7(12)9(11)14/h7-9,12-14H,5-6H2,1-4H3. The summed E-state index contributed by atoms with van der Waals surface area (Å²) in [5.41, 5.74) is -0.619. The van der Waals surface area contributed by atoms with Crippen LogP contribution in [0.3, 0.4) is 0 Å². The van der Waals surface area contributed by atoms with Crippen LogP contribution in [0.5, 0.6) is 0 Å². The lowest BCUT2D eigenvalue weighted by Gasteiger charge is -2.51. The van der Waals surface area contributed by atoms with E-state index >= 15 is 0 Å². The summed E-state index contributed by atoms with van der Waals surface area (Å²) in [4.78, 5) is 0. The first-order chi connectivity index (χ1) is 6.24. The first kappa shape index (κ1) is 12.0. The van der Waals surface area contributed by atoms with Crippen LogP contribution in [0, 0.1) is 10.8 Å². The third-order valence-electron chi connectivity index (χ3n) is 3.83. The van der Waals surface area contributed by atoms with Gasteiger partial charge in [-0.05, 0) is 23.7 Å². The van der Waals surface area contributed by atoms with E-state index in [1.165, 1.54) is 0 Å². The van der Waals surface area contributed by atoms with Crippen LogP contribution in [0.1, 0.15) is 40.5 Å². The van der Waals surface area contributed by atoms with Gasteiger partial charge in [0, 0.05) is 0 Å². The molecule has 0 saturated heterocycles. The van der Waals surface area contributed by atoms with Gasteiger partial charge in [-0.3, -0.25) is 0 Å². The van der Waals surface area contributed by atoms with Crippen molar-refractivity contribution < 1.29 is 15.3 Å². The Bertz CT molecular complexity index is 215. The normalized spacial score (nSPS) is 47.8. The Morgan fingerprint density at radius 3 is 2.00 bits per heavy atom. The highest BCUT2D eigenvalue weighted by atomic mass is 16.4. The first-order valence-electron chi connectivity index (χ1n) is 5.29. The van der Waals surface area contributed by atoms with Crippen molar-refractivity contribution in [3.05, 3.63) is 0 Å². The molecular formula is C11H22O3. The van der Waals surface area contributed by atoms with E-state index in [-0.39, 0.29) is 10.8 Å². The molecule has 14 heavy (non-hydrogen) atoms. The zero-order valence-electron chi connectivity index (χ0n) is 9.49. The van der Waals surface area contributed by atoms with Crippen molar-refractivity contribution in [2.45, 2.75) is 58.8 Å². The lowest BCUT2D eigenvalue weighted by Crippen LogP contribution is -2.58. The third kappa shape index (κ3) is 1.69. The summed E-state index contributed by atoms with van der Waals surface area (Å²) >= 11 is 0. The van der Waals surface area contributed by atoms with Crippen molar-refractivity contribution in [3.63, 3.8) is 0 Å². The molecule has 0 heterocycles. The second kappa shape index (κ2) is 3.47. The molecule has 0 aromatic rings. The number of aliphatic hydroxyl groups is 3. The van der Waals surface area contributed by atoms with Crippen LogP contribution in [-0.2, 0) is 0 Å². The molecular weight excluding hydrogens is 180 g/mol. The Morgan fingerprint density at radius 2 is 1.57 bits per heavy atom. The SMILES string of the molecule is CCC1(C)CC(C)(C)C(O)C(O)C1O. The van der Waals surface area contributed by atoms with Crippen molar-refractivity contribution in [2.75, 3.05) is 0 Å². The number of rotatable bonds is 1. The molecule has 0 aromatic heterocycles. The molecule has 4 unspecified atom stereocenters. The van der Waals surface area contributed by atoms with Gasteiger partial charge >= 0.3 is 0 Å². The second-order valence-corrected chi connectivity index (χ2v) is 5.55. The van der Waals surface area contributed by atoms with Gasteiger partial charge in [-0.2, -0.15) is 0 Å². The molecule has 4 atom stereocenters. The van der Waals surface area contributed by atoms with Crippen LogP contribution in [0.2, 0.25) is 0 Å².